The Morgan fingerprint density at radius 2 is 0.241 bits per heavy atom. The van der Waals surface area contributed by atoms with E-state index in [1.165, 1.54) is 0 Å². The van der Waals surface area contributed by atoms with Gasteiger partial charge in [0, 0.05) is 47.8 Å². The van der Waals surface area contributed by atoms with Crippen LogP contribution in [-0.4, -0.2) is 239 Å². The third-order valence-electron chi connectivity index (χ3n) is 12.3. The molecule has 0 aromatic rings. The van der Waals surface area contributed by atoms with Crippen LogP contribution in [0.15, 0.2) is 97.2 Å². The van der Waals surface area contributed by atoms with E-state index in [4.69, 9.17) is 0 Å². The molecular formula is C88H152O20Sn8. The summed E-state index contributed by atoms with van der Waals surface area (Å²) in [6.45, 7) is 80.0. The molecule has 8 aliphatic carbocycles. The average Bonchev–Trinajstić information content (AvgIpc) is 1.93. The fraction of sp³-hybridized carbons (Fsp3) is 0.545. The van der Waals surface area contributed by atoms with Crippen LogP contribution in [0.5, 0.6) is 0 Å². The van der Waals surface area contributed by atoms with Gasteiger partial charge >= 0.3 is 191 Å². The van der Waals surface area contributed by atoms with Crippen LogP contribution in [0, 0.1) is 158 Å². The van der Waals surface area contributed by atoms with E-state index in [1.807, 2.05) is 97.2 Å². The first-order chi connectivity index (χ1) is 50.3. The minimum atomic E-state index is -0.938. The molecule has 0 radical (unpaired) electrons. The number of aliphatic carboxylic acids is 8. The normalized spacial score (nSPS) is 16.1. The predicted octanol–water partition coefficient (Wildman–Crippen LogP) is 10.7. The quantitative estimate of drug-likeness (QED) is 0.0787. The van der Waals surface area contributed by atoms with Crippen molar-refractivity contribution in [1.29, 1.82) is 0 Å². The number of carboxylic acids is 8. The van der Waals surface area contributed by atoms with E-state index in [-0.39, 0.29) is 312 Å². The molecule has 0 aliphatic heterocycles. The first-order valence-corrected chi connectivity index (χ1v) is 36.5. The molecule has 0 fully saturated rings. The van der Waals surface area contributed by atoms with Crippen LogP contribution >= 0.6 is 0 Å². The van der Waals surface area contributed by atoms with Gasteiger partial charge in [-0.3, -0.25) is 0 Å². The van der Waals surface area contributed by atoms with Crippen LogP contribution in [0.3, 0.4) is 0 Å². The summed E-state index contributed by atoms with van der Waals surface area (Å²) in [5, 5.41) is 80.1. The van der Waals surface area contributed by atoms with E-state index >= 15 is 0 Å². The molecule has 8 atom stereocenters. The molecule has 656 valence electrons. The maximum absolute atomic E-state index is 10.0. The fourth-order valence-corrected chi connectivity index (χ4v) is 8.64. The molecule has 8 rings (SSSR count). The van der Waals surface area contributed by atoms with E-state index < -0.39 is 47.8 Å². The second kappa shape index (κ2) is 193. The maximum Gasteiger partial charge on any atom is 4.00 e. The molecular weight excluding hydrogens is 2330 g/mol. The van der Waals surface area contributed by atoms with Crippen molar-refractivity contribution in [3.05, 3.63) is 208 Å². The molecule has 20 nitrogen and oxygen atoms in total. The number of allylic oxidation sites excluding steroid dienone is 16. The van der Waals surface area contributed by atoms with E-state index in [2.05, 4.69) is 111 Å². The number of carbonyl (C=O) groups is 8. The Labute approximate surface area is 850 Å². The second-order valence-electron chi connectivity index (χ2n) is 18.7. The number of rotatable bonds is 16. The van der Waals surface area contributed by atoms with E-state index in [1.54, 1.807) is 111 Å². The van der Waals surface area contributed by atoms with Crippen molar-refractivity contribution in [3.63, 3.8) is 0 Å². The third kappa shape index (κ3) is 188. The largest absolute Gasteiger partial charge is 4.00 e. The van der Waals surface area contributed by atoms with Gasteiger partial charge in [0.25, 0.3) is 0 Å². The van der Waals surface area contributed by atoms with Crippen molar-refractivity contribution in [2.45, 2.75) is 265 Å². The van der Waals surface area contributed by atoms with Gasteiger partial charge in [-0.25, -0.2) is 0 Å². The summed E-state index contributed by atoms with van der Waals surface area (Å²) in [5.74, 6) is -5.54. The van der Waals surface area contributed by atoms with Gasteiger partial charge in [0.15, 0.2) is 0 Å². The van der Waals surface area contributed by atoms with Crippen LogP contribution in [0.1, 0.15) is 265 Å². The number of hydrogen-bond acceptors (Lipinski definition) is 16. The van der Waals surface area contributed by atoms with Gasteiger partial charge in [-0.2, -0.15) is 111 Å². The fourth-order valence-electron chi connectivity index (χ4n) is 8.64. The number of hydrogen-bond donors (Lipinski definition) is 0. The molecule has 0 bridgehead atoms. The zero-order valence-corrected chi connectivity index (χ0v) is 97.1. The van der Waals surface area contributed by atoms with Crippen molar-refractivity contribution in [3.8, 4) is 0 Å². The molecule has 0 heterocycles. The summed E-state index contributed by atoms with van der Waals surface area (Å²) in [6.07, 6.45) is 49.4. The smallest absolute Gasteiger partial charge is 2.00 e. The van der Waals surface area contributed by atoms with Crippen molar-refractivity contribution < 1.29 is 101 Å². The van der Waals surface area contributed by atoms with Gasteiger partial charge in [0.1, 0.15) is 0 Å². The van der Waals surface area contributed by atoms with Gasteiger partial charge in [-0.1, -0.05) is 97.2 Å². The third-order valence-corrected chi connectivity index (χ3v) is 12.3. The molecule has 0 amide bonds. The zero-order chi connectivity index (χ0) is 85.5. The molecule has 0 aromatic heterocycles. The molecule has 0 aromatic carbocycles. The van der Waals surface area contributed by atoms with Crippen LogP contribution in [0.25, 0.3) is 0 Å². The van der Waals surface area contributed by atoms with Crippen molar-refractivity contribution in [2.75, 3.05) is 0 Å². The Hall–Kier alpha value is -0.0904. The summed E-state index contributed by atoms with van der Waals surface area (Å²) in [6, 6.07) is 0. The van der Waals surface area contributed by atoms with Crippen molar-refractivity contribution >= 4 is 239 Å². The predicted molar refractivity (Wildman–Crippen MR) is 477 cm³/mol. The first kappa shape index (κ1) is 198. The van der Waals surface area contributed by atoms with Crippen molar-refractivity contribution in [2.24, 2.45) is 47.3 Å². The van der Waals surface area contributed by atoms with E-state index in [0.717, 1.165) is 103 Å². The maximum atomic E-state index is 10.0. The molecule has 8 aliphatic rings. The molecule has 0 spiro atoms. The molecule has 116 heavy (non-hydrogen) atoms. The second-order valence-corrected chi connectivity index (χ2v) is 18.7. The summed E-state index contributed by atoms with van der Waals surface area (Å²) in [7, 11) is 0. The molecule has 0 N–H and O–H groups in total. The summed E-state index contributed by atoms with van der Waals surface area (Å²) in [5.41, 5.74) is 0. The number of carboxylic acid groups (broad SMARTS) is 8. The SMILES string of the molecule is O=C([O-])C[C@@H]1C=CCC1.O=C([O-])C[C@@H]1C=CCC1.O=C([O-])C[C@@H]1C=CCC1.O=C([O-])C[C@@H]1C=CCC1.O=C([O-])C[C@H]1C=CCC1.O=C([O-])C[C@H]1C=CCC1.O=C([O-])C[C@H]1C=CCC1.O=C([O-])C[C@H]1C=CCC1.[CH2-]C.[CH2-]C.[CH2-]C.[CH2-]C.[CH2-]C.[CH2-]C.[CH2-]C.[CH2-]C.[CH2-]C.[CH2-]C.[CH2-]C.[CH2-]C.[CH2-]C.[CH2-]C.[CH2-]C.[CH2-]C.[O-2].[O-2].[O-2].[O-2].[Sn+4].[Sn+4].[Sn+4].[Sn+4].[Sn+4].[Sn+4].[Sn+4].[Sn+4]. The van der Waals surface area contributed by atoms with Gasteiger partial charge in [0.2, 0.25) is 0 Å². The topological polar surface area (TPSA) is 435 Å². The molecule has 0 unspecified atom stereocenters. The average molecular weight is 2480 g/mol. The molecule has 28 heteroatoms. The Kier molecular flexibility index (Phi) is 329. The van der Waals surface area contributed by atoms with Crippen molar-refractivity contribution in [1.82, 2.24) is 0 Å². The minimum absolute atomic E-state index is 0. The van der Waals surface area contributed by atoms with Gasteiger partial charge in [0.05, 0.1) is 0 Å². The summed E-state index contributed by atoms with van der Waals surface area (Å²) < 4.78 is 0. The van der Waals surface area contributed by atoms with Crippen LogP contribution in [-0.2, 0) is 60.3 Å². The van der Waals surface area contributed by atoms with Gasteiger partial charge in [-0.15, -0.1) is 0 Å². The van der Waals surface area contributed by atoms with Gasteiger partial charge in [-0.05, 0) is 201 Å². The zero-order valence-electron chi connectivity index (χ0n) is 74.3. The van der Waals surface area contributed by atoms with Crippen LogP contribution in [0.4, 0.5) is 0 Å². The monoisotopic (exact) mass is 2490 g/mol. The van der Waals surface area contributed by atoms with Gasteiger partial charge < -0.3 is 212 Å². The molecule has 0 saturated carbocycles. The Morgan fingerprint density at radius 1 is 0.181 bits per heavy atom. The molecule has 0 saturated heterocycles. The minimum Gasteiger partial charge on any atom is -2.00 e. The summed E-state index contributed by atoms with van der Waals surface area (Å²) >= 11 is 0. The Bertz CT molecular complexity index is 1570. The summed E-state index contributed by atoms with van der Waals surface area (Å²) in [4.78, 5) is 80.1. The van der Waals surface area contributed by atoms with Crippen LogP contribution < -0.4 is 40.9 Å². The Morgan fingerprint density at radius 3 is 0.276 bits per heavy atom. The first-order valence-electron chi connectivity index (χ1n) is 36.5. The van der Waals surface area contributed by atoms with E-state index in [0.29, 0.717) is 0 Å². The standard InChI is InChI=1S/8C7H10O2.16C2H5.4O.8Sn/c8*8-7(9)5-6-3-1-2-4-6;16*1-2;;;;;;;;;;;;/h8*1,3,6H,2,4-5H2,(H,8,9);16*1H2,2H3;;;;;;;;;;;;/q;;;;;;;;16*-1;4*-2;8*+4/p-8/t8*6-;;;;;;;;;;;;;;;;;;;;;;;;;;;;/m11110000............................/s1. The Balaban J connectivity index is -0.0000000275. The van der Waals surface area contributed by atoms with E-state index in [9.17, 15) is 79.2 Å². The number of carbonyl (C=O) groups excluding carboxylic acids is 8. The van der Waals surface area contributed by atoms with Crippen LogP contribution in [0.2, 0.25) is 0 Å².